The van der Waals surface area contributed by atoms with Crippen LogP contribution in [0.4, 0.5) is 0 Å². The van der Waals surface area contributed by atoms with Gasteiger partial charge >= 0.3 is 11.7 Å². The van der Waals surface area contributed by atoms with Crippen molar-refractivity contribution < 1.29 is 9.53 Å². The lowest BCUT2D eigenvalue weighted by Crippen LogP contribution is -2.32. The number of methoxy groups -OCH3 is 1. The Morgan fingerprint density at radius 1 is 1.10 bits per heavy atom. The number of nitrogens with zero attached hydrogens (tertiary/aromatic N) is 3. The predicted molar refractivity (Wildman–Crippen MR) is 110 cm³/mol. The van der Waals surface area contributed by atoms with Crippen LogP contribution in [-0.2, 0) is 9.53 Å². The number of aromatic amines is 1. The van der Waals surface area contributed by atoms with Crippen molar-refractivity contribution in [2.75, 3.05) is 7.11 Å². The largest absolute Gasteiger partial charge is 0.467 e. The van der Waals surface area contributed by atoms with Crippen molar-refractivity contribution >= 4 is 34.0 Å². The number of rotatable bonds is 4. The van der Waals surface area contributed by atoms with E-state index in [0.717, 1.165) is 15.6 Å². The number of carbonyl (C=O) groups is 1. The highest BCUT2D eigenvalue weighted by molar-refractivity contribution is 6.00. The Balaban J connectivity index is 1.84. The average Bonchev–Trinajstić information content (AvgIpc) is 3.11. The van der Waals surface area contributed by atoms with Gasteiger partial charge in [-0.15, -0.1) is 4.68 Å². The van der Waals surface area contributed by atoms with Gasteiger partial charge in [0.1, 0.15) is 6.04 Å². The molecular formula is C21H18N4O4. The van der Waals surface area contributed by atoms with E-state index in [1.54, 1.807) is 42.0 Å². The molecule has 0 aliphatic carbocycles. The number of nitrogens with one attached hydrogen (secondary N) is 1. The molecular weight excluding hydrogens is 372 g/mol. The van der Waals surface area contributed by atoms with Crippen LogP contribution in [0, 0.1) is 0 Å². The van der Waals surface area contributed by atoms with Crippen LogP contribution in [0.3, 0.4) is 0 Å². The number of hydrogen-bond acceptors (Lipinski definition) is 5. The first kappa shape index (κ1) is 18.4. The zero-order valence-electron chi connectivity index (χ0n) is 15.8. The molecule has 0 saturated heterocycles. The number of H-pyrrole nitrogens is 1. The summed E-state index contributed by atoms with van der Waals surface area (Å²) in [5.41, 5.74) is 0.795. The molecule has 29 heavy (non-hydrogen) atoms. The van der Waals surface area contributed by atoms with Crippen LogP contribution in [0.5, 0.6) is 0 Å². The quantitative estimate of drug-likeness (QED) is 0.427. The molecule has 0 aliphatic rings. The number of aromatic nitrogens is 3. The SMILES string of the molecule is COC(=O)[C@H](C)n1cc(C=Nn2c(=O)[nH]c3ccccc3c2=O)c2ccccc21. The monoisotopic (exact) mass is 390 g/mol. The maximum atomic E-state index is 12.6. The average molecular weight is 390 g/mol. The van der Waals surface area contributed by atoms with Gasteiger partial charge in [-0.25, -0.2) is 9.59 Å². The Bertz CT molecular complexity index is 1380. The lowest BCUT2D eigenvalue weighted by molar-refractivity contribution is -0.143. The van der Waals surface area contributed by atoms with Gasteiger partial charge in [0.05, 0.1) is 24.2 Å². The lowest BCUT2D eigenvalue weighted by atomic mass is 10.2. The minimum Gasteiger partial charge on any atom is -0.467 e. The van der Waals surface area contributed by atoms with Crippen molar-refractivity contribution in [1.29, 1.82) is 0 Å². The molecule has 0 bridgehead atoms. The van der Waals surface area contributed by atoms with E-state index < -0.39 is 17.3 Å². The van der Waals surface area contributed by atoms with Crippen LogP contribution in [0.2, 0.25) is 0 Å². The molecule has 2 aromatic heterocycles. The minimum absolute atomic E-state index is 0.367. The van der Waals surface area contributed by atoms with Gasteiger partial charge in [0.15, 0.2) is 0 Å². The Hall–Kier alpha value is -3.94. The Kier molecular flexibility index (Phi) is 4.59. The fraction of sp³-hybridized carbons (Fsp3) is 0.143. The number of para-hydroxylation sites is 2. The number of carbonyl (C=O) groups excluding carboxylic acids is 1. The molecule has 0 aliphatic heterocycles. The minimum atomic E-state index is -0.628. The zero-order valence-corrected chi connectivity index (χ0v) is 15.8. The molecule has 0 unspecified atom stereocenters. The zero-order chi connectivity index (χ0) is 20.5. The molecule has 2 aromatic carbocycles. The van der Waals surface area contributed by atoms with Gasteiger partial charge in [0.25, 0.3) is 5.56 Å². The topological polar surface area (TPSA) is 98.4 Å². The molecule has 146 valence electrons. The van der Waals surface area contributed by atoms with Crippen molar-refractivity contribution in [1.82, 2.24) is 14.2 Å². The van der Waals surface area contributed by atoms with Crippen LogP contribution in [0.15, 0.2) is 69.4 Å². The summed E-state index contributed by atoms with van der Waals surface area (Å²) in [6.45, 7) is 1.73. The number of ether oxygens (including phenoxy) is 1. The molecule has 1 atom stereocenters. The molecule has 0 amide bonds. The Labute approximate surface area is 164 Å². The summed E-state index contributed by atoms with van der Waals surface area (Å²) in [5.74, 6) is -0.378. The standard InChI is InChI=1S/C21H18N4O4/c1-13(20(27)29-2)24-12-14(15-7-4-6-10-18(15)24)11-22-25-19(26)16-8-3-5-9-17(16)23-21(25)28/h3-13H,1-2H3,(H,23,28)/t13-/m0/s1. The Morgan fingerprint density at radius 3 is 2.55 bits per heavy atom. The third-order valence-corrected chi connectivity index (χ3v) is 4.83. The molecule has 4 rings (SSSR count). The highest BCUT2D eigenvalue weighted by Gasteiger charge is 2.18. The second-order valence-electron chi connectivity index (χ2n) is 6.55. The van der Waals surface area contributed by atoms with Crippen LogP contribution in [-0.4, -0.2) is 33.5 Å². The molecule has 4 aromatic rings. The van der Waals surface area contributed by atoms with Crippen molar-refractivity contribution in [3.63, 3.8) is 0 Å². The molecule has 0 fully saturated rings. The van der Waals surface area contributed by atoms with Gasteiger partial charge in [0, 0.05) is 22.7 Å². The van der Waals surface area contributed by atoms with Crippen LogP contribution >= 0.6 is 0 Å². The molecule has 0 saturated carbocycles. The fourth-order valence-electron chi connectivity index (χ4n) is 3.32. The second-order valence-corrected chi connectivity index (χ2v) is 6.55. The predicted octanol–water partition coefficient (Wildman–Crippen LogP) is 2.26. The maximum absolute atomic E-state index is 12.6. The molecule has 0 radical (unpaired) electrons. The van der Waals surface area contributed by atoms with Crippen molar-refractivity contribution in [2.45, 2.75) is 13.0 Å². The van der Waals surface area contributed by atoms with Gasteiger partial charge in [-0.2, -0.15) is 5.10 Å². The van der Waals surface area contributed by atoms with E-state index in [0.29, 0.717) is 16.5 Å². The first-order valence-corrected chi connectivity index (χ1v) is 8.97. The van der Waals surface area contributed by atoms with E-state index in [9.17, 15) is 14.4 Å². The van der Waals surface area contributed by atoms with Gasteiger partial charge in [0.2, 0.25) is 0 Å². The van der Waals surface area contributed by atoms with Gasteiger partial charge in [-0.3, -0.25) is 4.79 Å². The normalized spacial score (nSPS) is 12.6. The van der Waals surface area contributed by atoms with E-state index in [4.69, 9.17) is 4.74 Å². The van der Waals surface area contributed by atoms with Crippen LogP contribution in [0.1, 0.15) is 18.5 Å². The highest BCUT2D eigenvalue weighted by Crippen LogP contribution is 2.24. The number of hydrogen-bond donors (Lipinski definition) is 1. The first-order valence-electron chi connectivity index (χ1n) is 8.97. The summed E-state index contributed by atoms with van der Waals surface area (Å²) in [5, 5.41) is 5.32. The summed E-state index contributed by atoms with van der Waals surface area (Å²) in [7, 11) is 1.34. The molecule has 8 heteroatoms. The fourth-order valence-corrected chi connectivity index (χ4v) is 3.32. The molecule has 1 N–H and O–H groups in total. The smallest absolute Gasteiger partial charge is 0.349 e. The van der Waals surface area contributed by atoms with Crippen molar-refractivity contribution in [3.05, 3.63) is 81.1 Å². The summed E-state index contributed by atoms with van der Waals surface area (Å²) in [4.78, 5) is 39.6. The molecule has 0 spiro atoms. The molecule has 8 nitrogen and oxygen atoms in total. The van der Waals surface area contributed by atoms with E-state index in [1.807, 2.05) is 24.3 Å². The summed E-state index contributed by atoms with van der Waals surface area (Å²) in [6, 6.07) is 13.7. The van der Waals surface area contributed by atoms with Gasteiger partial charge in [-0.1, -0.05) is 30.3 Å². The van der Waals surface area contributed by atoms with E-state index in [-0.39, 0.29) is 5.97 Å². The third-order valence-electron chi connectivity index (χ3n) is 4.83. The highest BCUT2D eigenvalue weighted by atomic mass is 16.5. The number of esters is 1. The second kappa shape index (κ2) is 7.23. The van der Waals surface area contributed by atoms with Crippen molar-refractivity contribution in [2.24, 2.45) is 5.10 Å². The third kappa shape index (κ3) is 3.14. The van der Waals surface area contributed by atoms with E-state index in [1.165, 1.54) is 13.3 Å². The van der Waals surface area contributed by atoms with Crippen LogP contribution in [0.25, 0.3) is 21.8 Å². The van der Waals surface area contributed by atoms with Gasteiger partial charge in [-0.05, 0) is 25.1 Å². The lowest BCUT2D eigenvalue weighted by Gasteiger charge is -2.12. The summed E-state index contributed by atoms with van der Waals surface area (Å²) < 4.78 is 7.41. The molecule has 2 heterocycles. The van der Waals surface area contributed by atoms with E-state index >= 15 is 0 Å². The number of fused-ring (bicyclic) bond motifs is 2. The van der Waals surface area contributed by atoms with Crippen LogP contribution < -0.4 is 11.2 Å². The van der Waals surface area contributed by atoms with E-state index in [2.05, 4.69) is 10.1 Å². The summed E-state index contributed by atoms with van der Waals surface area (Å²) >= 11 is 0. The first-order chi connectivity index (χ1) is 14.0. The Morgan fingerprint density at radius 2 is 1.79 bits per heavy atom. The number of benzene rings is 2. The summed E-state index contributed by atoms with van der Waals surface area (Å²) in [6.07, 6.45) is 3.18. The van der Waals surface area contributed by atoms with Crippen molar-refractivity contribution in [3.8, 4) is 0 Å². The van der Waals surface area contributed by atoms with Gasteiger partial charge < -0.3 is 14.3 Å². The maximum Gasteiger partial charge on any atom is 0.349 e.